The summed E-state index contributed by atoms with van der Waals surface area (Å²) in [7, 11) is -3.14. The van der Waals surface area contributed by atoms with Crippen LogP contribution in [0.2, 0.25) is 0 Å². The van der Waals surface area contributed by atoms with Crippen LogP contribution >= 0.6 is 0 Å². The fraction of sp³-hybridized carbons (Fsp3) is 0.625. The molecule has 1 aromatic rings. The highest BCUT2D eigenvalue weighted by Gasteiger charge is 2.17. The minimum atomic E-state index is -3.14. The van der Waals surface area contributed by atoms with Crippen LogP contribution < -0.4 is 19.5 Å². The van der Waals surface area contributed by atoms with Gasteiger partial charge in [-0.15, -0.1) is 0 Å². The van der Waals surface area contributed by atoms with Crippen LogP contribution in [-0.2, 0) is 10.0 Å². The Morgan fingerprint density at radius 2 is 1.87 bits per heavy atom. The summed E-state index contributed by atoms with van der Waals surface area (Å²) >= 11 is 0. The van der Waals surface area contributed by atoms with Gasteiger partial charge in [0.2, 0.25) is 16.8 Å². The lowest BCUT2D eigenvalue weighted by atomic mass is 10.1. The normalized spacial score (nSPS) is 13.6. The summed E-state index contributed by atoms with van der Waals surface area (Å²) in [6.45, 7) is 7.00. The molecule has 0 atom stereocenters. The van der Waals surface area contributed by atoms with Gasteiger partial charge in [-0.05, 0) is 45.7 Å². The SMILES string of the molecule is Cc1c(NCCCCCNS(=O)(=O)C(C)C)ccc2c1OCO2. The van der Waals surface area contributed by atoms with Crippen LogP contribution in [0.3, 0.4) is 0 Å². The Morgan fingerprint density at radius 3 is 2.61 bits per heavy atom. The van der Waals surface area contributed by atoms with Crippen molar-refractivity contribution in [2.24, 2.45) is 0 Å². The van der Waals surface area contributed by atoms with E-state index in [-0.39, 0.29) is 12.0 Å². The third kappa shape index (κ3) is 4.75. The van der Waals surface area contributed by atoms with E-state index >= 15 is 0 Å². The van der Waals surface area contributed by atoms with Gasteiger partial charge in [0, 0.05) is 24.3 Å². The smallest absolute Gasteiger partial charge is 0.231 e. The van der Waals surface area contributed by atoms with Gasteiger partial charge in [0.05, 0.1) is 5.25 Å². The number of unbranched alkanes of at least 4 members (excludes halogenated alkanes) is 2. The molecule has 0 amide bonds. The van der Waals surface area contributed by atoms with Crippen molar-refractivity contribution in [2.75, 3.05) is 25.2 Å². The summed E-state index contributed by atoms with van der Waals surface area (Å²) in [6.07, 6.45) is 2.79. The molecule has 2 N–H and O–H groups in total. The monoisotopic (exact) mass is 342 g/mol. The fourth-order valence-corrected chi connectivity index (χ4v) is 3.10. The van der Waals surface area contributed by atoms with Gasteiger partial charge in [0.1, 0.15) is 0 Å². The molecule has 1 heterocycles. The van der Waals surface area contributed by atoms with Crippen molar-refractivity contribution in [3.63, 3.8) is 0 Å². The first kappa shape index (κ1) is 17.9. The molecule has 130 valence electrons. The number of rotatable bonds is 9. The van der Waals surface area contributed by atoms with Crippen LogP contribution in [0.5, 0.6) is 11.5 Å². The average Bonchev–Trinajstić information content (AvgIpc) is 2.97. The van der Waals surface area contributed by atoms with Crippen molar-refractivity contribution < 1.29 is 17.9 Å². The molecular weight excluding hydrogens is 316 g/mol. The highest BCUT2D eigenvalue weighted by Crippen LogP contribution is 2.38. The molecule has 0 saturated heterocycles. The molecule has 0 aliphatic carbocycles. The van der Waals surface area contributed by atoms with E-state index in [9.17, 15) is 8.42 Å². The minimum Gasteiger partial charge on any atom is -0.454 e. The minimum absolute atomic E-state index is 0.284. The molecule has 0 spiro atoms. The molecule has 0 radical (unpaired) electrons. The third-order valence-electron chi connectivity index (χ3n) is 3.88. The molecule has 1 aromatic carbocycles. The molecule has 7 heteroatoms. The molecule has 6 nitrogen and oxygen atoms in total. The van der Waals surface area contributed by atoms with E-state index in [0.29, 0.717) is 6.54 Å². The summed E-state index contributed by atoms with van der Waals surface area (Å²) in [5.74, 6) is 1.61. The first-order chi connectivity index (χ1) is 10.9. The summed E-state index contributed by atoms with van der Waals surface area (Å²) < 4.78 is 36.6. The van der Waals surface area contributed by atoms with Crippen molar-refractivity contribution >= 4 is 15.7 Å². The third-order valence-corrected chi connectivity index (χ3v) is 5.73. The lowest BCUT2D eigenvalue weighted by Crippen LogP contribution is -2.31. The molecule has 0 fully saturated rings. The second kappa shape index (κ2) is 7.88. The van der Waals surface area contributed by atoms with Crippen LogP contribution in [0.25, 0.3) is 0 Å². The maximum Gasteiger partial charge on any atom is 0.231 e. The summed E-state index contributed by atoms with van der Waals surface area (Å²) in [5.41, 5.74) is 2.11. The number of nitrogens with one attached hydrogen (secondary N) is 2. The number of ether oxygens (including phenoxy) is 2. The van der Waals surface area contributed by atoms with Crippen LogP contribution in [0.15, 0.2) is 12.1 Å². The number of anilines is 1. The van der Waals surface area contributed by atoms with Crippen molar-refractivity contribution in [1.82, 2.24) is 4.72 Å². The van der Waals surface area contributed by atoms with Gasteiger partial charge in [-0.1, -0.05) is 6.42 Å². The van der Waals surface area contributed by atoms with E-state index < -0.39 is 10.0 Å². The van der Waals surface area contributed by atoms with E-state index in [1.54, 1.807) is 13.8 Å². The molecular formula is C16H26N2O4S. The van der Waals surface area contributed by atoms with Crippen LogP contribution in [-0.4, -0.2) is 33.6 Å². The number of hydrogen-bond acceptors (Lipinski definition) is 5. The largest absolute Gasteiger partial charge is 0.454 e. The lowest BCUT2D eigenvalue weighted by Gasteiger charge is -2.12. The summed E-state index contributed by atoms with van der Waals surface area (Å²) in [6, 6.07) is 3.91. The van der Waals surface area contributed by atoms with Crippen molar-refractivity contribution in [2.45, 2.75) is 45.3 Å². The maximum absolute atomic E-state index is 11.6. The second-order valence-electron chi connectivity index (χ2n) is 5.95. The van der Waals surface area contributed by atoms with Crippen molar-refractivity contribution in [3.05, 3.63) is 17.7 Å². The van der Waals surface area contributed by atoms with E-state index in [4.69, 9.17) is 9.47 Å². The molecule has 1 aliphatic rings. The Kier molecular flexibility index (Phi) is 6.12. The van der Waals surface area contributed by atoms with Crippen LogP contribution in [0, 0.1) is 6.92 Å². The zero-order valence-corrected chi connectivity index (χ0v) is 14.8. The topological polar surface area (TPSA) is 76.7 Å². The fourth-order valence-electron chi connectivity index (χ4n) is 2.33. The molecule has 0 saturated carbocycles. The maximum atomic E-state index is 11.6. The molecule has 1 aliphatic heterocycles. The Labute approximate surface area is 138 Å². The van der Waals surface area contributed by atoms with Crippen LogP contribution in [0.1, 0.15) is 38.7 Å². The average molecular weight is 342 g/mol. The van der Waals surface area contributed by atoms with E-state index in [0.717, 1.165) is 48.6 Å². The van der Waals surface area contributed by atoms with Crippen molar-refractivity contribution in [1.29, 1.82) is 0 Å². The van der Waals surface area contributed by atoms with Gasteiger partial charge in [0.15, 0.2) is 11.5 Å². The Morgan fingerprint density at radius 1 is 1.13 bits per heavy atom. The molecule has 0 aromatic heterocycles. The highest BCUT2D eigenvalue weighted by molar-refractivity contribution is 7.90. The molecule has 0 unspecified atom stereocenters. The van der Waals surface area contributed by atoms with E-state index in [1.807, 2.05) is 19.1 Å². The van der Waals surface area contributed by atoms with Crippen LogP contribution in [0.4, 0.5) is 5.69 Å². The number of hydrogen-bond donors (Lipinski definition) is 2. The molecule has 2 rings (SSSR count). The summed E-state index contributed by atoms with van der Waals surface area (Å²) in [4.78, 5) is 0. The number of benzene rings is 1. The predicted molar refractivity (Wildman–Crippen MR) is 91.7 cm³/mol. The zero-order valence-electron chi connectivity index (χ0n) is 14.0. The quantitative estimate of drug-likeness (QED) is 0.675. The number of fused-ring (bicyclic) bond motifs is 1. The van der Waals surface area contributed by atoms with Gasteiger partial charge in [-0.25, -0.2) is 13.1 Å². The second-order valence-corrected chi connectivity index (χ2v) is 8.27. The lowest BCUT2D eigenvalue weighted by molar-refractivity contribution is 0.173. The van der Waals surface area contributed by atoms with Gasteiger partial charge in [0.25, 0.3) is 0 Å². The molecule has 23 heavy (non-hydrogen) atoms. The van der Waals surface area contributed by atoms with Gasteiger partial charge >= 0.3 is 0 Å². The first-order valence-corrected chi connectivity index (χ1v) is 9.58. The molecule has 0 bridgehead atoms. The van der Waals surface area contributed by atoms with Gasteiger partial charge < -0.3 is 14.8 Å². The highest BCUT2D eigenvalue weighted by atomic mass is 32.2. The Hall–Kier alpha value is -1.47. The standard InChI is InChI=1S/C16H26N2O4S/c1-12(2)23(19,20)18-10-6-4-5-9-17-14-7-8-15-16(13(14)3)22-11-21-15/h7-8,12,17-18H,4-6,9-11H2,1-3H3. The van der Waals surface area contributed by atoms with Crippen molar-refractivity contribution in [3.8, 4) is 11.5 Å². The zero-order chi connectivity index (χ0) is 16.9. The predicted octanol–water partition coefficient (Wildman–Crippen LogP) is 2.63. The number of sulfonamides is 1. The first-order valence-electron chi connectivity index (χ1n) is 8.03. The van der Waals surface area contributed by atoms with Gasteiger partial charge in [-0.3, -0.25) is 0 Å². The van der Waals surface area contributed by atoms with Gasteiger partial charge in [-0.2, -0.15) is 0 Å². The van der Waals surface area contributed by atoms with E-state index in [2.05, 4.69) is 10.0 Å². The summed E-state index contributed by atoms with van der Waals surface area (Å²) in [5, 5.41) is 3.02. The van der Waals surface area contributed by atoms with E-state index in [1.165, 1.54) is 0 Å². The Bertz CT molecular complexity index is 629. The Balaban J connectivity index is 1.65.